The van der Waals surface area contributed by atoms with Crippen LogP contribution in [0.1, 0.15) is 44.5 Å². The van der Waals surface area contributed by atoms with E-state index in [0.717, 1.165) is 33.4 Å². The first-order valence-electron chi connectivity index (χ1n) is 23.2. The first-order chi connectivity index (χ1) is 34.6. The number of hydrogen-bond donors (Lipinski definition) is 2. The van der Waals surface area contributed by atoms with E-state index >= 15 is 8.78 Å². The zero-order valence-corrected chi connectivity index (χ0v) is 40.0. The van der Waals surface area contributed by atoms with Crippen LogP contribution in [0.3, 0.4) is 0 Å². The van der Waals surface area contributed by atoms with Crippen LogP contribution in [0.15, 0.2) is 194 Å². The first-order valence-corrected chi connectivity index (χ1v) is 23.2. The van der Waals surface area contributed by atoms with Gasteiger partial charge in [-0.25, -0.2) is 8.78 Å². The van der Waals surface area contributed by atoms with E-state index in [4.69, 9.17) is 33.2 Å². The minimum Gasteiger partial charge on any atom is -0.497 e. The lowest BCUT2D eigenvalue weighted by molar-refractivity contribution is -0.0378. The predicted molar refractivity (Wildman–Crippen MR) is 269 cm³/mol. The molecule has 8 aromatic carbocycles. The van der Waals surface area contributed by atoms with Gasteiger partial charge in [0.25, 0.3) is 0 Å². The van der Waals surface area contributed by atoms with Crippen molar-refractivity contribution in [1.29, 1.82) is 0 Å². The molecule has 2 unspecified atom stereocenters. The number of ether oxygens (including phenoxy) is 7. The number of hydrogen-bond acceptors (Lipinski definition) is 9. The van der Waals surface area contributed by atoms with Crippen LogP contribution in [-0.2, 0) is 33.5 Å². The number of benzene rings is 8. The van der Waals surface area contributed by atoms with Gasteiger partial charge in [-0.3, -0.25) is 0 Å². The van der Waals surface area contributed by atoms with Gasteiger partial charge in [0.15, 0.2) is 0 Å². The van der Waals surface area contributed by atoms with Crippen LogP contribution in [0.4, 0.5) is 8.78 Å². The van der Waals surface area contributed by atoms with Gasteiger partial charge in [0, 0.05) is 24.0 Å². The molecule has 8 aromatic rings. The Hall–Kier alpha value is -7.54. The molecular formula is C60H56F2O9. The number of halogens is 2. The van der Waals surface area contributed by atoms with Crippen LogP contribution >= 0.6 is 0 Å². The molecule has 0 saturated heterocycles. The maximum Gasteiger partial charge on any atom is 0.143 e. The van der Waals surface area contributed by atoms with Crippen molar-refractivity contribution in [2.24, 2.45) is 0 Å². The second-order valence-corrected chi connectivity index (χ2v) is 17.0. The third kappa shape index (κ3) is 11.2. The summed E-state index contributed by atoms with van der Waals surface area (Å²) in [5.41, 5.74) is 2.99. The molecular weight excluding hydrogens is 903 g/mol. The maximum atomic E-state index is 15.1. The fraction of sp³-hybridized carbons (Fsp3) is 0.200. The second kappa shape index (κ2) is 22.9. The van der Waals surface area contributed by atoms with Gasteiger partial charge in [-0.15, -0.1) is 0 Å². The molecule has 2 atom stereocenters. The SMILES string of the molecule is COc1ccc(C(OCC(O)Cc2cc(F)ccc2Oc2ccc(F)cc2CC(O)COC(c2ccccc2)(c2ccc(OC)cc2)c2ccc(OC)cc2)(c2ccccc2)c2ccc(OC)cc2)cc1. The highest BCUT2D eigenvalue weighted by molar-refractivity contribution is 5.52. The average Bonchev–Trinajstić information content (AvgIpc) is 3.41. The summed E-state index contributed by atoms with van der Waals surface area (Å²) in [4.78, 5) is 0. The second-order valence-electron chi connectivity index (χ2n) is 17.0. The lowest BCUT2D eigenvalue weighted by Crippen LogP contribution is -2.36. The smallest absolute Gasteiger partial charge is 0.143 e. The predicted octanol–water partition coefficient (Wildman–Crippen LogP) is 11.6. The fourth-order valence-electron chi connectivity index (χ4n) is 8.95. The van der Waals surface area contributed by atoms with Crippen LogP contribution in [0, 0.1) is 11.6 Å². The van der Waals surface area contributed by atoms with Crippen molar-refractivity contribution in [2.75, 3.05) is 41.7 Å². The van der Waals surface area contributed by atoms with Gasteiger partial charge >= 0.3 is 0 Å². The van der Waals surface area contributed by atoms with E-state index < -0.39 is 35.0 Å². The Balaban J connectivity index is 1.05. The molecule has 0 aliphatic rings. The molecule has 0 aliphatic heterocycles. The highest BCUT2D eigenvalue weighted by Crippen LogP contribution is 2.44. The monoisotopic (exact) mass is 958 g/mol. The molecule has 0 spiro atoms. The Bertz CT molecular complexity index is 2640. The van der Waals surface area contributed by atoms with E-state index in [-0.39, 0.29) is 37.6 Å². The fourth-order valence-corrected chi connectivity index (χ4v) is 8.95. The van der Waals surface area contributed by atoms with Crippen LogP contribution in [0.2, 0.25) is 0 Å². The van der Waals surface area contributed by atoms with Crippen molar-refractivity contribution in [3.05, 3.63) is 250 Å². The quantitative estimate of drug-likeness (QED) is 0.0643. The van der Waals surface area contributed by atoms with Gasteiger partial charge in [-0.05, 0) is 118 Å². The van der Waals surface area contributed by atoms with E-state index in [1.807, 2.05) is 158 Å². The molecule has 0 aliphatic carbocycles. The summed E-state index contributed by atoms with van der Waals surface area (Å²) in [5, 5.41) is 23.7. The van der Waals surface area contributed by atoms with E-state index in [1.54, 1.807) is 28.4 Å². The van der Waals surface area contributed by atoms with Gasteiger partial charge < -0.3 is 43.4 Å². The van der Waals surface area contributed by atoms with Crippen molar-refractivity contribution in [2.45, 2.75) is 36.3 Å². The van der Waals surface area contributed by atoms with Crippen molar-refractivity contribution < 1.29 is 52.2 Å². The largest absolute Gasteiger partial charge is 0.497 e. The Morgan fingerprint density at radius 1 is 0.380 bits per heavy atom. The molecule has 0 bridgehead atoms. The molecule has 0 amide bonds. The first kappa shape index (κ1) is 49.9. The normalized spacial score (nSPS) is 12.5. The molecule has 0 fully saturated rings. The van der Waals surface area contributed by atoms with Crippen molar-refractivity contribution in [3.63, 3.8) is 0 Å². The highest BCUT2D eigenvalue weighted by Gasteiger charge is 2.40. The summed E-state index contributed by atoms with van der Waals surface area (Å²) < 4.78 is 72.5. The van der Waals surface area contributed by atoms with Crippen molar-refractivity contribution in [3.8, 4) is 34.5 Å². The van der Waals surface area contributed by atoms with Crippen LogP contribution in [-0.4, -0.2) is 64.1 Å². The summed E-state index contributed by atoms with van der Waals surface area (Å²) in [6.07, 6.45) is -2.47. The molecule has 8 rings (SSSR count). The molecule has 71 heavy (non-hydrogen) atoms. The standard InChI is InChI=1S/C60H56F2O9/c1-65-53-25-15-45(16-26-53)59(43-11-7-5-8-12-43,46-17-27-54(66-2)28-18-46)69-39-51(63)37-41-35-49(61)23-33-57(41)71-58-34-24-50(62)36-42(58)38-52(64)40-70-60(44-13-9-6-10-14-44,47-19-29-55(67-3)30-20-47)48-21-31-56(68-4)32-22-48/h5-36,51-52,63-64H,37-40H2,1-4H3. The van der Waals surface area contributed by atoms with Gasteiger partial charge in [-0.2, -0.15) is 0 Å². The Kier molecular flexibility index (Phi) is 16.1. The number of rotatable bonds is 22. The van der Waals surface area contributed by atoms with Crippen molar-refractivity contribution in [1.82, 2.24) is 0 Å². The zero-order chi connectivity index (χ0) is 49.8. The van der Waals surface area contributed by atoms with Gasteiger partial charge in [0.2, 0.25) is 0 Å². The average molecular weight is 959 g/mol. The summed E-state index contributed by atoms with van der Waals surface area (Å²) in [5.74, 6) is 2.02. The summed E-state index contributed by atoms with van der Waals surface area (Å²) in [6, 6.07) is 57.6. The third-order valence-electron chi connectivity index (χ3n) is 12.5. The van der Waals surface area contributed by atoms with Gasteiger partial charge in [-0.1, -0.05) is 109 Å². The molecule has 0 radical (unpaired) electrons. The number of aliphatic hydroxyl groups excluding tert-OH is 2. The van der Waals surface area contributed by atoms with E-state index in [1.165, 1.54) is 36.4 Å². The topological polar surface area (TPSA) is 105 Å². The van der Waals surface area contributed by atoms with Gasteiger partial charge in [0.1, 0.15) is 57.3 Å². The number of methoxy groups -OCH3 is 4. The van der Waals surface area contributed by atoms with Crippen LogP contribution in [0.5, 0.6) is 34.5 Å². The summed E-state index contributed by atoms with van der Waals surface area (Å²) in [7, 11) is 6.40. The minimum absolute atomic E-state index is 0.0749. The van der Waals surface area contributed by atoms with Gasteiger partial charge in [0.05, 0.1) is 53.9 Å². The zero-order valence-electron chi connectivity index (χ0n) is 40.0. The lowest BCUT2D eigenvalue weighted by Gasteiger charge is -2.37. The molecule has 0 aromatic heterocycles. The molecule has 2 N–H and O–H groups in total. The summed E-state index contributed by atoms with van der Waals surface area (Å²) in [6.45, 7) is -0.372. The number of aliphatic hydroxyl groups is 2. The maximum absolute atomic E-state index is 15.1. The van der Waals surface area contributed by atoms with E-state index in [0.29, 0.717) is 34.1 Å². The highest BCUT2D eigenvalue weighted by atomic mass is 19.1. The lowest BCUT2D eigenvalue weighted by atomic mass is 9.80. The molecule has 0 heterocycles. The minimum atomic E-state index is -1.21. The third-order valence-corrected chi connectivity index (χ3v) is 12.5. The van der Waals surface area contributed by atoms with Crippen LogP contribution in [0.25, 0.3) is 0 Å². The molecule has 0 saturated carbocycles. The van der Waals surface area contributed by atoms with E-state index in [9.17, 15) is 10.2 Å². The Morgan fingerprint density at radius 2 is 0.662 bits per heavy atom. The Morgan fingerprint density at radius 3 is 0.944 bits per heavy atom. The summed E-state index contributed by atoms with van der Waals surface area (Å²) >= 11 is 0. The van der Waals surface area contributed by atoms with Crippen LogP contribution < -0.4 is 23.7 Å². The Labute approximate surface area is 413 Å². The molecule has 11 heteroatoms. The van der Waals surface area contributed by atoms with E-state index in [2.05, 4.69) is 0 Å². The van der Waals surface area contributed by atoms with Crippen molar-refractivity contribution >= 4 is 0 Å². The molecule has 364 valence electrons. The molecule has 9 nitrogen and oxygen atoms in total.